The van der Waals surface area contributed by atoms with E-state index in [0.29, 0.717) is 28.9 Å². The molecule has 0 bridgehead atoms. The summed E-state index contributed by atoms with van der Waals surface area (Å²) < 4.78 is 30.8. The van der Waals surface area contributed by atoms with Gasteiger partial charge in [0.1, 0.15) is 18.2 Å². The number of rotatable bonds is 4. The molecule has 0 saturated carbocycles. The van der Waals surface area contributed by atoms with E-state index in [1.54, 1.807) is 24.4 Å². The van der Waals surface area contributed by atoms with Gasteiger partial charge in [0, 0.05) is 29.4 Å². The Balaban J connectivity index is 1.95. The molecule has 4 rings (SSSR count). The van der Waals surface area contributed by atoms with Crippen LogP contribution in [0.15, 0.2) is 54.3 Å². The minimum Gasteiger partial charge on any atom is -0.391 e. The molecule has 0 atom stereocenters. The molecule has 1 aliphatic rings. The van der Waals surface area contributed by atoms with E-state index in [1.807, 2.05) is 26.0 Å². The molecule has 0 fully saturated rings. The SMILES string of the molecule is C=CCO/N=C1\CC(C)(C)Nc2cc(F)c(-c3cccc4cc[nH]c34)c(F)c21. The summed E-state index contributed by atoms with van der Waals surface area (Å²) >= 11 is 0. The number of anilines is 1. The van der Waals surface area contributed by atoms with E-state index >= 15 is 8.78 Å². The highest BCUT2D eigenvalue weighted by Gasteiger charge is 2.34. The topological polar surface area (TPSA) is 49.4 Å². The summed E-state index contributed by atoms with van der Waals surface area (Å²) in [4.78, 5) is 8.31. The maximum absolute atomic E-state index is 15.7. The van der Waals surface area contributed by atoms with Crippen LogP contribution >= 0.6 is 0 Å². The maximum Gasteiger partial charge on any atom is 0.145 e. The largest absolute Gasteiger partial charge is 0.391 e. The van der Waals surface area contributed by atoms with Crippen molar-refractivity contribution in [2.24, 2.45) is 5.16 Å². The van der Waals surface area contributed by atoms with Crippen LogP contribution in [-0.4, -0.2) is 22.8 Å². The van der Waals surface area contributed by atoms with Crippen LogP contribution in [0.5, 0.6) is 0 Å². The van der Waals surface area contributed by atoms with Crippen LogP contribution in [-0.2, 0) is 4.84 Å². The maximum atomic E-state index is 15.7. The Morgan fingerprint density at radius 2 is 2.07 bits per heavy atom. The predicted molar refractivity (Wildman–Crippen MR) is 109 cm³/mol. The van der Waals surface area contributed by atoms with Gasteiger partial charge in [0.25, 0.3) is 0 Å². The van der Waals surface area contributed by atoms with Gasteiger partial charge in [0.05, 0.1) is 22.4 Å². The van der Waals surface area contributed by atoms with Gasteiger partial charge in [-0.3, -0.25) is 0 Å². The summed E-state index contributed by atoms with van der Waals surface area (Å²) in [6.45, 7) is 7.70. The van der Waals surface area contributed by atoms with Crippen LogP contribution in [0.1, 0.15) is 25.8 Å². The number of hydrogen-bond acceptors (Lipinski definition) is 3. The lowest BCUT2D eigenvalue weighted by molar-refractivity contribution is 0.173. The molecule has 2 aromatic carbocycles. The summed E-state index contributed by atoms with van der Waals surface area (Å²) in [7, 11) is 0. The van der Waals surface area contributed by atoms with Gasteiger partial charge in [-0.15, -0.1) is 0 Å². The first kappa shape index (κ1) is 18.2. The molecule has 0 radical (unpaired) electrons. The number of H-pyrrole nitrogens is 1. The van der Waals surface area contributed by atoms with Gasteiger partial charge in [0.2, 0.25) is 0 Å². The number of halogens is 2. The third-order valence-corrected chi connectivity index (χ3v) is 4.81. The highest BCUT2D eigenvalue weighted by Crippen LogP contribution is 2.40. The van der Waals surface area contributed by atoms with Crippen molar-refractivity contribution in [1.29, 1.82) is 0 Å². The van der Waals surface area contributed by atoms with Gasteiger partial charge in [-0.05, 0) is 31.4 Å². The van der Waals surface area contributed by atoms with E-state index in [0.717, 1.165) is 5.39 Å². The van der Waals surface area contributed by atoms with Gasteiger partial charge >= 0.3 is 0 Å². The van der Waals surface area contributed by atoms with Crippen molar-refractivity contribution < 1.29 is 13.6 Å². The summed E-state index contributed by atoms with van der Waals surface area (Å²) in [5.74, 6) is -1.28. The molecule has 1 aliphatic heterocycles. The number of hydrogen-bond donors (Lipinski definition) is 2. The Labute approximate surface area is 161 Å². The molecule has 0 saturated heterocycles. The average Bonchev–Trinajstić information content (AvgIpc) is 3.10. The third kappa shape index (κ3) is 3.05. The first-order valence-corrected chi connectivity index (χ1v) is 9.08. The van der Waals surface area contributed by atoms with Crippen molar-refractivity contribution in [3.05, 3.63) is 66.4 Å². The molecule has 28 heavy (non-hydrogen) atoms. The van der Waals surface area contributed by atoms with E-state index in [9.17, 15) is 0 Å². The van der Waals surface area contributed by atoms with E-state index in [4.69, 9.17) is 4.84 Å². The van der Waals surface area contributed by atoms with Crippen molar-refractivity contribution >= 4 is 22.3 Å². The molecule has 0 aliphatic carbocycles. The number of aromatic amines is 1. The molecule has 2 N–H and O–H groups in total. The molecular weight excluding hydrogens is 360 g/mol. The number of aromatic nitrogens is 1. The Morgan fingerprint density at radius 3 is 2.86 bits per heavy atom. The minimum atomic E-state index is -0.652. The second-order valence-electron chi connectivity index (χ2n) is 7.53. The minimum absolute atomic E-state index is 0.0790. The summed E-state index contributed by atoms with van der Waals surface area (Å²) in [5, 5.41) is 8.21. The first-order chi connectivity index (χ1) is 13.4. The van der Waals surface area contributed by atoms with Crippen LogP contribution in [0.4, 0.5) is 14.5 Å². The van der Waals surface area contributed by atoms with E-state index in [-0.39, 0.29) is 17.7 Å². The van der Waals surface area contributed by atoms with Crippen LogP contribution in [0.25, 0.3) is 22.0 Å². The highest BCUT2D eigenvalue weighted by molar-refractivity contribution is 6.09. The first-order valence-electron chi connectivity index (χ1n) is 9.08. The number of para-hydroxylation sites is 1. The van der Waals surface area contributed by atoms with Crippen molar-refractivity contribution in [3.63, 3.8) is 0 Å². The number of nitrogens with one attached hydrogen (secondary N) is 2. The van der Waals surface area contributed by atoms with Crippen molar-refractivity contribution in [1.82, 2.24) is 4.98 Å². The Hall–Kier alpha value is -3.15. The van der Waals surface area contributed by atoms with Crippen molar-refractivity contribution in [2.75, 3.05) is 11.9 Å². The standard InChI is InChI=1S/C22H21F2N3O/c1-4-10-28-27-17-12-22(2,3)26-16-11-15(23)18(20(24)19(16)17)14-7-5-6-13-8-9-25-21(13)14/h4-9,11,25-26H,1,10,12H2,2-3H3/b27-17+. The lowest BCUT2D eigenvalue weighted by Gasteiger charge is -2.35. The molecule has 1 aromatic heterocycles. The molecule has 6 heteroatoms. The highest BCUT2D eigenvalue weighted by atomic mass is 19.1. The van der Waals surface area contributed by atoms with E-state index in [1.165, 1.54) is 6.07 Å². The molecule has 2 heterocycles. The number of benzene rings is 2. The van der Waals surface area contributed by atoms with Crippen LogP contribution in [0, 0.1) is 11.6 Å². The van der Waals surface area contributed by atoms with E-state index in [2.05, 4.69) is 22.0 Å². The zero-order chi connectivity index (χ0) is 19.9. The Morgan fingerprint density at radius 1 is 1.25 bits per heavy atom. The van der Waals surface area contributed by atoms with Crippen LogP contribution < -0.4 is 5.32 Å². The number of fused-ring (bicyclic) bond motifs is 2. The molecule has 0 amide bonds. The summed E-state index contributed by atoms with van der Waals surface area (Å²) in [6, 6.07) is 8.58. The van der Waals surface area contributed by atoms with Gasteiger partial charge in [-0.2, -0.15) is 0 Å². The lowest BCUT2D eigenvalue weighted by Crippen LogP contribution is -2.39. The molecule has 0 unspecified atom stereocenters. The fourth-order valence-corrected chi connectivity index (χ4v) is 3.70. The average molecular weight is 381 g/mol. The van der Waals surface area contributed by atoms with Gasteiger partial charge in [0.15, 0.2) is 0 Å². The number of oxime groups is 1. The normalized spacial score (nSPS) is 16.6. The fourth-order valence-electron chi connectivity index (χ4n) is 3.70. The Bertz CT molecular complexity index is 1100. The molecule has 4 nitrogen and oxygen atoms in total. The monoisotopic (exact) mass is 381 g/mol. The second kappa shape index (κ2) is 6.78. The predicted octanol–water partition coefficient (Wildman–Crippen LogP) is 5.61. The lowest BCUT2D eigenvalue weighted by atomic mass is 9.85. The molecule has 0 spiro atoms. The van der Waals surface area contributed by atoms with E-state index < -0.39 is 17.2 Å². The van der Waals surface area contributed by atoms with Gasteiger partial charge < -0.3 is 15.1 Å². The number of nitrogens with zero attached hydrogens (tertiary/aromatic N) is 1. The molecular formula is C22H21F2N3O. The zero-order valence-electron chi connectivity index (χ0n) is 15.8. The van der Waals surface area contributed by atoms with Crippen LogP contribution in [0.2, 0.25) is 0 Å². The van der Waals surface area contributed by atoms with Crippen molar-refractivity contribution in [2.45, 2.75) is 25.8 Å². The van der Waals surface area contributed by atoms with Gasteiger partial charge in [-0.1, -0.05) is 36.0 Å². The molecule has 3 aromatic rings. The summed E-state index contributed by atoms with van der Waals surface area (Å²) in [6.07, 6.45) is 3.75. The van der Waals surface area contributed by atoms with Crippen molar-refractivity contribution in [3.8, 4) is 11.1 Å². The summed E-state index contributed by atoms with van der Waals surface area (Å²) in [5.41, 5.74) is 1.71. The zero-order valence-corrected chi connectivity index (χ0v) is 15.8. The molecule has 144 valence electrons. The smallest absolute Gasteiger partial charge is 0.145 e. The van der Waals surface area contributed by atoms with Crippen LogP contribution in [0.3, 0.4) is 0 Å². The second-order valence-corrected chi connectivity index (χ2v) is 7.53. The third-order valence-electron chi connectivity index (χ3n) is 4.81. The fraction of sp³-hybridized carbons (Fsp3) is 0.227. The van der Waals surface area contributed by atoms with Gasteiger partial charge in [-0.25, -0.2) is 8.78 Å². The quantitative estimate of drug-likeness (QED) is 0.350. The Kier molecular flexibility index (Phi) is 4.41.